The Bertz CT molecular complexity index is 373. The van der Waals surface area contributed by atoms with Gasteiger partial charge in [-0.3, -0.25) is 0 Å². The lowest BCUT2D eigenvalue weighted by molar-refractivity contribution is 0.258. The van der Waals surface area contributed by atoms with Gasteiger partial charge in [0, 0.05) is 6.04 Å². The molecule has 1 aliphatic carbocycles. The molecule has 0 radical (unpaired) electrons. The van der Waals surface area contributed by atoms with E-state index in [1.807, 2.05) is 6.07 Å². The van der Waals surface area contributed by atoms with Crippen molar-refractivity contribution in [3.05, 3.63) is 29.8 Å². The molecule has 1 saturated carbocycles. The molecule has 0 heterocycles. The van der Waals surface area contributed by atoms with Gasteiger partial charge >= 0.3 is 0 Å². The highest BCUT2D eigenvalue weighted by Crippen LogP contribution is 2.31. The molecule has 19 heavy (non-hydrogen) atoms. The molecule has 106 valence electrons. The molecule has 2 rings (SSSR count). The van der Waals surface area contributed by atoms with Crippen molar-refractivity contribution < 1.29 is 4.74 Å². The quantitative estimate of drug-likeness (QED) is 0.768. The van der Waals surface area contributed by atoms with Crippen molar-refractivity contribution in [3.63, 3.8) is 0 Å². The summed E-state index contributed by atoms with van der Waals surface area (Å²) in [5, 5.41) is 3.71. The summed E-state index contributed by atoms with van der Waals surface area (Å²) < 4.78 is 5.47. The fourth-order valence-corrected chi connectivity index (χ4v) is 2.86. The van der Waals surface area contributed by atoms with Crippen LogP contribution in [0.3, 0.4) is 0 Å². The third-order valence-electron chi connectivity index (χ3n) is 4.18. The van der Waals surface area contributed by atoms with Crippen LogP contribution in [0.4, 0.5) is 0 Å². The lowest BCUT2D eigenvalue weighted by atomic mass is 9.80. The highest BCUT2D eigenvalue weighted by molar-refractivity contribution is 5.33. The Kier molecular flexibility index (Phi) is 5.71. The number of nitrogens with one attached hydrogen (secondary N) is 1. The molecular formula is C17H27NO. The molecule has 1 N–H and O–H groups in total. The average Bonchev–Trinajstić information content (AvgIpc) is 2.40. The molecule has 2 heteroatoms. The van der Waals surface area contributed by atoms with E-state index in [0.29, 0.717) is 6.04 Å². The van der Waals surface area contributed by atoms with Gasteiger partial charge < -0.3 is 10.1 Å². The molecular weight excluding hydrogens is 234 g/mol. The van der Waals surface area contributed by atoms with Crippen LogP contribution in [0.15, 0.2) is 24.3 Å². The van der Waals surface area contributed by atoms with Crippen molar-refractivity contribution in [1.82, 2.24) is 5.32 Å². The summed E-state index contributed by atoms with van der Waals surface area (Å²) in [6, 6.07) is 9.01. The summed E-state index contributed by atoms with van der Waals surface area (Å²) >= 11 is 0. The minimum atomic E-state index is 0.599. The molecule has 0 aliphatic heterocycles. The maximum Gasteiger partial charge on any atom is 0.122 e. The number of hydrogen-bond donors (Lipinski definition) is 1. The van der Waals surface area contributed by atoms with Gasteiger partial charge in [-0.1, -0.05) is 44.4 Å². The maximum absolute atomic E-state index is 5.47. The van der Waals surface area contributed by atoms with Gasteiger partial charge in [0.15, 0.2) is 0 Å². The van der Waals surface area contributed by atoms with Crippen LogP contribution in [-0.4, -0.2) is 19.7 Å². The predicted molar refractivity (Wildman–Crippen MR) is 80.7 cm³/mol. The van der Waals surface area contributed by atoms with E-state index in [1.165, 1.54) is 37.7 Å². The Morgan fingerprint density at radius 1 is 1.32 bits per heavy atom. The molecule has 1 fully saturated rings. The zero-order valence-corrected chi connectivity index (χ0v) is 12.3. The summed E-state index contributed by atoms with van der Waals surface area (Å²) in [4.78, 5) is 0. The molecule has 1 aromatic carbocycles. The third-order valence-corrected chi connectivity index (χ3v) is 4.18. The van der Waals surface area contributed by atoms with Crippen LogP contribution < -0.4 is 10.1 Å². The topological polar surface area (TPSA) is 21.3 Å². The van der Waals surface area contributed by atoms with E-state index >= 15 is 0 Å². The zero-order chi connectivity index (χ0) is 13.5. The summed E-state index contributed by atoms with van der Waals surface area (Å²) in [6.45, 7) is 3.35. The molecule has 0 amide bonds. The zero-order valence-electron chi connectivity index (χ0n) is 12.3. The van der Waals surface area contributed by atoms with Gasteiger partial charge in [0.2, 0.25) is 0 Å². The van der Waals surface area contributed by atoms with Gasteiger partial charge in [0.25, 0.3) is 0 Å². The fraction of sp³-hybridized carbons (Fsp3) is 0.647. The minimum Gasteiger partial charge on any atom is -0.496 e. The Balaban J connectivity index is 1.96. The first kappa shape index (κ1) is 14.4. The molecule has 1 aromatic rings. The van der Waals surface area contributed by atoms with Crippen LogP contribution in [0.2, 0.25) is 0 Å². The smallest absolute Gasteiger partial charge is 0.122 e. The first-order chi connectivity index (χ1) is 9.33. The van der Waals surface area contributed by atoms with Crippen LogP contribution in [0.25, 0.3) is 0 Å². The summed E-state index contributed by atoms with van der Waals surface area (Å²) in [6.07, 6.45) is 7.89. The number of rotatable bonds is 8. The van der Waals surface area contributed by atoms with Crippen molar-refractivity contribution in [2.24, 2.45) is 5.92 Å². The molecule has 2 nitrogen and oxygen atoms in total. The standard InChI is InChI=1S/C17H27NO/c1-3-11-18-16(12-14-7-6-8-14)13-15-9-4-5-10-17(15)19-2/h4-5,9-10,14,16,18H,3,6-8,11-13H2,1-2H3. The van der Waals surface area contributed by atoms with Crippen LogP contribution in [0.1, 0.15) is 44.6 Å². The molecule has 0 saturated heterocycles. The Labute approximate surface area is 117 Å². The highest BCUT2D eigenvalue weighted by atomic mass is 16.5. The molecule has 0 spiro atoms. The van der Waals surface area contributed by atoms with E-state index < -0.39 is 0 Å². The normalized spacial score (nSPS) is 16.9. The van der Waals surface area contributed by atoms with Crippen LogP contribution in [0.5, 0.6) is 5.75 Å². The number of hydrogen-bond acceptors (Lipinski definition) is 2. The molecule has 1 atom stereocenters. The summed E-state index contributed by atoms with van der Waals surface area (Å²) in [5.41, 5.74) is 1.33. The minimum absolute atomic E-state index is 0.599. The molecule has 1 unspecified atom stereocenters. The summed E-state index contributed by atoms with van der Waals surface area (Å²) in [5.74, 6) is 1.98. The highest BCUT2D eigenvalue weighted by Gasteiger charge is 2.22. The lowest BCUT2D eigenvalue weighted by Crippen LogP contribution is -2.35. The van der Waals surface area contributed by atoms with E-state index in [4.69, 9.17) is 4.74 Å². The number of para-hydroxylation sites is 1. The third kappa shape index (κ3) is 4.24. The maximum atomic E-state index is 5.47. The van der Waals surface area contributed by atoms with Crippen molar-refractivity contribution in [2.45, 2.75) is 51.5 Å². The van der Waals surface area contributed by atoms with Crippen LogP contribution in [-0.2, 0) is 6.42 Å². The van der Waals surface area contributed by atoms with Crippen molar-refractivity contribution in [1.29, 1.82) is 0 Å². The Morgan fingerprint density at radius 2 is 2.11 bits per heavy atom. The largest absolute Gasteiger partial charge is 0.496 e. The van der Waals surface area contributed by atoms with Crippen molar-refractivity contribution in [2.75, 3.05) is 13.7 Å². The molecule has 1 aliphatic rings. The van der Waals surface area contributed by atoms with Gasteiger partial charge in [0.05, 0.1) is 7.11 Å². The Morgan fingerprint density at radius 3 is 2.74 bits per heavy atom. The van der Waals surface area contributed by atoms with E-state index in [1.54, 1.807) is 7.11 Å². The second-order valence-corrected chi connectivity index (χ2v) is 5.70. The van der Waals surface area contributed by atoms with Gasteiger partial charge in [0.1, 0.15) is 5.75 Å². The van der Waals surface area contributed by atoms with Crippen LogP contribution in [0, 0.1) is 5.92 Å². The molecule has 0 aromatic heterocycles. The van der Waals surface area contributed by atoms with E-state index in [9.17, 15) is 0 Å². The second kappa shape index (κ2) is 7.54. The van der Waals surface area contributed by atoms with Crippen molar-refractivity contribution >= 4 is 0 Å². The first-order valence-corrected chi connectivity index (χ1v) is 7.68. The second-order valence-electron chi connectivity index (χ2n) is 5.70. The molecule has 0 bridgehead atoms. The average molecular weight is 261 g/mol. The first-order valence-electron chi connectivity index (χ1n) is 7.68. The van der Waals surface area contributed by atoms with Gasteiger partial charge in [-0.15, -0.1) is 0 Å². The van der Waals surface area contributed by atoms with Gasteiger partial charge in [-0.05, 0) is 43.4 Å². The lowest BCUT2D eigenvalue weighted by Gasteiger charge is -2.30. The van der Waals surface area contributed by atoms with E-state index in [-0.39, 0.29) is 0 Å². The number of benzene rings is 1. The number of methoxy groups -OCH3 is 1. The monoisotopic (exact) mass is 261 g/mol. The van der Waals surface area contributed by atoms with E-state index in [0.717, 1.165) is 24.6 Å². The SMILES string of the molecule is CCCNC(Cc1ccccc1OC)CC1CCC1. The predicted octanol–water partition coefficient (Wildman–Crippen LogP) is 3.80. The van der Waals surface area contributed by atoms with Gasteiger partial charge in [-0.25, -0.2) is 0 Å². The fourth-order valence-electron chi connectivity index (χ4n) is 2.86. The summed E-state index contributed by atoms with van der Waals surface area (Å²) in [7, 11) is 1.76. The van der Waals surface area contributed by atoms with E-state index in [2.05, 4.69) is 30.4 Å². The van der Waals surface area contributed by atoms with Crippen molar-refractivity contribution in [3.8, 4) is 5.75 Å². The van der Waals surface area contributed by atoms with Crippen LogP contribution >= 0.6 is 0 Å². The Hall–Kier alpha value is -1.02. The number of ether oxygens (including phenoxy) is 1. The van der Waals surface area contributed by atoms with Gasteiger partial charge in [-0.2, -0.15) is 0 Å².